The van der Waals surface area contributed by atoms with Crippen LogP contribution in [0.2, 0.25) is 0 Å². The van der Waals surface area contributed by atoms with Gasteiger partial charge in [-0.15, -0.1) is 10.2 Å². The highest BCUT2D eigenvalue weighted by molar-refractivity contribution is 5.79. The average Bonchev–Trinajstić information content (AvgIpc) is 3.29. The van der Waals surface area contributed by atoms with Crippen LogP contribution in [0.15, 0.2) is 11.3 Å². The molecule has 0 aromatic carbocycles. The fourth-order valence-electron chi connectivity index (χ4n) is 2.72. The Morgan fingerprint density at radius 2 is 2.36 bits per heavy atom. The maximum atomic E-state index is 5.66. The van der Waals surface area contributed by atoms with E-state index < -0.39 is 0 Å². The highest BCUT2D eigenvalue weighted by Crippen LogP contribution is 2.11. The molecule has 2 heterocycles. The van der Waals surface area contributed by atoms with E-state index in [1.165, 1.54) is 0 Å². The van der Waals surface area contributed by atoms with Gasteiger partial charge in [-0.2, -0.15) is 0 Å². The summed E-state index contributed by atoms with van der Waals surface area (Å²) in [6, 6.07) is 0. The van der Waals surface area contributed by atoms with Gasteiger partial charge in [0.15, 0.2) is 5.96 Å². The monoisotopic (exact) mass is 352 g/mol. The summed E-state index contributed by atoms with van der Waals surface area (Å²) in [6.07, 6.45) is 6.15. The molecule has 0 aliphatic carbocycles. The molecule has 142 valence electrons. The van der Waals surface area contributed by atoms with Crippen molar-refractivity contribution >= 4 is 5.96 Å². The lowest BCUT2D eigenvalue weighted by atomic mass is 10.2. The molecule has 2 N–H and O–H groups in total. The number of guanidine groups is 1. The Labute approximate surface area is 150 Å². The first-order valence-electron chi connectivity index (χ1n) is 9.41. The van der Waals surface area contributed by atoms with Crippen LogP contribution in [0.4, 0.5) is 0 Å². The molecular weight excluding hydrogens is 320 g/mol. The van der Waals surface area contributed by atoms with Gasteiger partial charge in [-0.1, -0.05) is 6.92 Å². The van der Waals surface area contributed by atoms with Crippen molar-refractivity contribution in [3.63, 3.8) is 0 Å². The Bertz CT molecular complexity index is 499. The number of aliphatic imine (C=N–C) groups is 1. The standard InChI is InChI=1S/C17H32N6O2/c1-3-16-22-21-14-23(16)10-9-20-17(18-4-2)19-8-6-11-24-13-15-7-5-12-25-15/h14-15H,3-13H2,1-2H3,(H2,18,19,20). The maximum Gasteiger partial charge on any atom is 0.191 e. The molecule has 25 heavy (non-hydrogen) atoms. The second kappa shape index (κ2) is 11.8. The van der Waals surface area contributed by atoms with Crippen LogP contribution in [0.25, 0.3) is 0 Å². The van der Waals surface area contributed by atoms with Crippen molar-refractivity contribution < 1.29 is 9.47 Å². The Morgan fingerprint density at radius 3 is 3.12 bits per heavy atom. The van der Waals surface area contributed by atoms with Gasteiger partial charge in [-0.25, -0.2) is 0 Å². The van der Waals surface area contributed by atoms with E-state index in [4.69, 9.17) is 9.47 Å². The van der Waals surface area contributed by atoms with Gasteiger partial charge in [0.05, 0.1) is 12.7 Å². The van der Waals surface area contributed by atoms with Crippen molar-refractivity contribution in [1.82, 2.24) is 25.4 Å². The molecule has 1 unspecified atom stereocenters. The van der Waals surface area contributed by atoms with Gasteiger partial charge in [0.25, 0.3) is 0 Å². The third-order valence-electron chi connectivity index (χ3n) is 4.05. The second-order valence-corrected chi connectivity index (χ2v) is 6.05. The first kappa shape index (κ1) is 19.7. The van der Waals surface area contributed by atoms with E-state index in [0.29, 0.717) is 12.7 Å². The van der Waals surface area contributed by atoms with Gasteiger partial charge >= 0.3 is 0 Å². The number of aryl methyl sites for hydroxylation is 1. The molecule has 1 aliphatic heterocycles. The third-order valence-corrected chi connectivity index (χ3v) is 4.05. The molecule has 1 aromatic rings. The molecule has 0 amide bonds. The summed E-state index contributed by atoms with van der Waals surface area (Å²) in [5.41, 5.74) is 0. The molecule has 0 spiro atoms. The topological polar surface area (TPSA) is 85.6 Å². The average molecular weight is 352 g/mol. The molecule has 1 saturated heterocycles. The molecule has 1 atom stereocenters. The van der Waals surface area contributed by atoms with Crippen LogP contribution in [0.5, 0.6) is 0 Å². The van der Waals surface area contributed by atoms with Crippen LogP contribution in [-0.2, 0) is 22.4 Å². The number of nitrogens with one attached hydrogen (secondary N) is 2. The minimum Gasteiger partial charge on any atom is -0.379 e. The molecule has 8 nitrogen and oxygen atoms in total. The SMILES string of the molecule is CCNC(=NCCCOCC1CCCO1)NCCn1cnnc1CC. The molecule has 2 rings (SSSR count). The van der Waals surface area contributed by atoms with E-state index in [9.17, 15) is 0 Å². The first-order chi connectivity index (χ1) is 12.3. The van der Waals surface area contributed by atoms with E-state index >= 15 is 0 Å². The van der Waals surface area contributed by atoms with Crippen molar-refractivity contribution in [2.45, 2.75) is 52.2 Å². The lowest BCUT2D eigenvalue weighted by molar-refractivity contribution is 0.0171. The van der Waals surface area contributed by atoms with Gasteiger partial charge < -0.3 is 24.7 Å². The van der Waals surface area contributed by atoms with E-state index in [-0.39, 0.29) is 0 Å². The van der Waals surface area contributed by atoms with Crippen molar-refractivity contribution in [3.8, 4) is 0 Å². The van der Waals surface area contributed by atoms with Crippen LogP contribution in [0.3, 0.4) is 0 Å². The second-order valence-electron chi connectivity index (χ2n) is 6.05. The predicted octanol–water partition coefficient (Wildman–Crippen LogP) is 0.981. The number of ether oxygens (including phenoxy) is 2. The number of aromatic nitrogens is 3. The molecule has 1 fully saturated rings. The smallest absolute Gasteiger partial charge is 0.191 e. The zero-order chi connectivity index (χ0) is 17.7. The van der Waals surface area contributed by atoms with Crippen LogP contribution >= 0.6 is 0 Å². The normalized spacial score (nSPS) is 17.8. The van der Waals surface area contributed by atoms with Crippen LogP contribution < -0.4 is 10.6 Å². The van der Waals surface area contributed by atoms with Crippen LogP contribution in [0.1, 0.15) is 38.9 Å². The van der Waals surface area contributed by atoms with Crippen molar-refractivity contribution in [3.05, 3.63) is 12.2 Å². The Morgan fingerprint density at radius 1 is 1.44 bits per heavy atom. The summed E-state index contributed by atoms with van der Waals surface area (Å²) in [5, 5.41) is 14.7. The fourth-order valence-corrected chi connectivity index (χ4v) is 2.72. The van der Waals surface area contributed by atoms with Crippen molar-refractivity contribution in [2.75, 3.05) is 39.5 Å². The third kappa shape index (κ3) is 7.39. The summed E-state index contributed by atoms with van der Waals surface area (Å²) in [4.78, 5) is 4.59. The molecule has 1 aromatic heterocycles. The van der Waals surface area contributed by atoms with Crippen LogP contribution in [-0.4, -0.2) is 66.3 Å². The summed E-state index contributed by atoms with van der Waals surface area (Å²) >= 11 is 0. The van der Waals surface area contributed by atoms with E-state index in [2.05, 4.69) is 44.2 Å². The molecule has 0 radical (unpaired) electrons. The van der Waals surface area contributed by atoms with Crippen molar-refractivity contribution in [1.29, 1.82) is 0 Å². The van der Waals surface area contributed by atoms with Gasteiger partial charge in [0.2, 0.25) is 0 Å². The first-order valence-corrected chi connectivity index (χ1v) is 9.41. The zero-order valence-electron chi connectivity index (χ0n) is 15.5. The minimum atomic E-state index is 0.299. The van der Waals surface area contributed by atoms with Gasteiger partial charge in [0, 0.05) is 45.8 Å². The highest BCUT2D eigenvalue weighted by atomic mass is 16.5. The number of rotatable bonds is 11. The van der Waals surface area contributed by atoms with Gasteiger partial charge in [-0.3, -0.25) is 4.99 Å². The largest absolute Gasteiger partial charge is 0.379 e. The van der Waals surface area contributed by atoms with E-state index in [1.807, 2.05) is 0 Å². The lowest BCUT2D eigenvalue weighted by Crippen LogP contribution is -2.39. The number of hydrogen-bond donors (Lipinski definition) is 2. The molecule has 0 saturated carbocycles. The highest BCUT2D eigenvalue weighted by Gasteiger charge is 2.14. The lowest BCUT2D eigenvalue weighted by Gasteiger charge is -2.12. The Kier molecular flexibility index (Phi) is 9.28. The quantitative estimate of drug-likeness (QED) is 0.351. The van der Waals surface area contributed by atoms with E-state index in [0.717, 1.165) is 76.9 Å². The Hall–Kier alpha value is -1.67. The summed E-state index contributed by atoms with van der Waals surface area (Å²) in [5.74, 6) is 1.85. The molecule has 0 bridgehead atoms. The number of hydrogen-bond acceptors (Lipinski definition) is 5. The summed E-state index contributed by atoms with van der Waals surface area (Å²) in [7, 11) is 0. The maximum absolute atomic E-state index is 5.66. The summed E-state index contributed by atoms with van der Waals surface area (Å²) in [6.45, 7) is 9.66. The van der Waals surface area contributed by atoms with Crippen molar-refractivity contribution in [2.24, 2.45) is 4.99 Å². The number of nitrogens with zero attached hydrogens (tertiary/aromatic N) is 4. The van der Waals surface area contributed by atoms with Gasteiger partial charge in [0.1, 0.15) is 12.2 Å². The molecular formula is C17H32N6O2. The minimum absolute atomic E-state index is 0.299. The van der Waals surface area contributed by atoms with Gasteiger partial charge in [-0.05, 0) is 26.2 Å². The van der Waals surface area contributed by atoms with E-state index in [1.54, 1.807) is 6.33 Å². The zero-order valence-corrected chi connectivity index (χ0v) is 15.5. The summed E-state index contributed by atoms with van der Waals surface area (Å²) < 4.78 is 13.3. The fraction of sp³-hybridized carbons (Fsp3) is 0.824. The molecule has 1 aliphatic rings. The van der Waals surface area contributed by atoms with Crippen LogP contribution in [0, 0.1) is 0 Å². The predicted molar refractivity (Wildman–Crippen MR) is 97.8 cm³/mol. The molecule has 8 heteroatoms. The Balaban J connectivity index is 1.60.